The van der Waals surface area contributed by atoms with E-state index in [1.165, 1.54) is 37.6 Å². The molecule has 1 atom stereocenters. The van der Waals surface area contributed by atoms with Gasteiger partial charge in [-0.1, -0.05) is 0 Å². The van der Waals surface area contributed by atoms with Crippen LogP contribution < -0.4 is 5.32 Å². The van der Waals surface area contributed by atoms with Gasteiger partial charge in [-0.3, -0.25) is 14.8 Å². The van der Waals surface area contributed by atoms with E-state index in [1.807, 2.05) is 0 Å². The maximum atomic E-state index is 11.9. The number of carbonyl (C=O) groups is 2. The Labute approximate surface area is 115 Å². The lowest BCUT2D eigenvalue weighted by Gasteiger charge is -2.13. The van der Waals surface area contributed by atoms with Crippen LogP contribution in [0.4, 0.5) is 5.69 Å². The smallest absolute Gasteiger partial charge is 0.339 e. The van der Waals surface area contributed by atoms with Crippen LogP contribution in [0.3, 0.4) is 0 Å². The standard InChI is InChI=1S/C14H13N3O3/c1-10(13(18)17-12-3-2-6-16-9-12)20-14(19)11-4-7-15-8-5-11/h2-10H,1H3,(H,17,18). The van der Waals surface area contributed by atoms with Crippen molar-refractivity contribution in [2.75, 3.05) is 5.32 Å². The van der Waals surface area contributed by atoms with Crippen LogP contribution in [0.2, 0.25) is 0 Å². The molecule has 2 heterocycles. The van der Waals surface area contributed by atoms with Crippen molar-refractivity contribution < 1.29 is 14.3 Å². The van der Waals surface area contributed by atoms with Gasteiger partial charge >= 0.3 is 5.97 Å². The minimum atomic E-state index is -0.907. The lowest BCUT2D eigenvalue weighted by molar-refractivity contribution is -0.123. The van der Waals surface area contributed by atoms with Crippen LogP contribution in [0.5, 0.6) is 0 Å². The number of carbonyl (C=O) groups excluding carboxylic acids is 2. The van der Waals surface area contributed by atoms with Crippen LogP contribution >= 0.6 is 0 Å². The predicted molar refractivity (Wildman–Crippen MR) is 72.0 cm³/mol. The second-order valence-corrected chi connectivity index (χ2v) is 4.01. The number of aromatic nitrogens is 2. The fourth-order valence-corrected chi connectivity index (χ4v) is 1.45. The Morgan fingerprint density at radius 1 is 1.15 bits per heavy atom. The summed E-state index contributed by atoms with van der Waals surface area (Å²) in [5, 5.41) is 2.61. The molecular weight excluding hydrogens is 258 g/mol. The molecule has 1 N–H and O–H groups in total. The monoisotopic (exact) mass is 271 g/mol. The Bertz CT molecular complexity index is 587. The molecule has 0 aliphatic carbocycles. The second-order valence-electron chi connectivity index (χ2n) is 4.01. The van der Waals surface area contributed by atoms with Crippen LogP contribution in [0.15, 0.2) is 49.1 Å². The molecule has 102 valence electrons. The first-order valence-corrected chi connectivity index (χ1v) is 5.98. The molecule has 1 amide bonds. The molecule has 0 aliphatic heterocycles. The maximum Gasteiger partial charge on any atom is 0.339 e. The van der Waals surface area contributed by atoms with Crippen molar-refractivity contribution in [1.29, 1.82) is 0 Å². The molecular formula is C14H13N3O3. The van der Waals surface area contributed by atoms with E-state index in [2.05, 4.69) is 15.3 Å². The third kappa shape index (κ3) is 3.61. The van der Waals surface area contributed by atoms with Crippen molar-refractivity contribution in [3.05, 3.63) is 54.6 Å². The number of nitrogens with zero attached hydrogens (tertiary/aromatic N) is 2. The number of hydrogen-bond donors (Lipinski definition) is 1. The molecule has 2 aromatic heterocycles. The summed E-state index contributed by atoms with van der Waals surface area (Å²) in [6.07, 6.45) is 5.17. The minimum Gasteiger partial charge on any atom is -0.449 e. The van der Waals surface area contributed by atoms with E-state index in [4.69, 9.17) is 4.74 Å². The number of amides is 1. The summed E-state index contributed by atoms with van der Waals surface area (Å²) in [5.74, 6) is -0.985. The molecule has 0 saturated carbocycles. The van der Waals surface area contributed by atoms with Gasteiger partial charge in [0.25, 0.3) is 5.91 Å². The van der Waals surface area contributed by atoms with Gasteiger partial charge in [-0.25, -0.2) is 4.79 Å². The topological polar surface area (TPSA) is 81.2 Å². The molecule has 0 spiro atoms. The number of nitrogens with one attached hydrogen (secondary N) is 1. The number of hydrogen-bond acceptors (Lipinski definition) is 5. The van der Waals surface area contributed by atoms with Gasteiger partial charge in [0.05, 0.1) is 17.4 Å². The van der Waals surface area contributed by atoms with E-state index in [0.717, 1.165) is 0 Å². The van der Waals surface area contributed by atoms with Crippen molar-refractivity contribution in [2.24, 2.45) is 0 Å². The molecule has 2 rings (SSSR count). The Balaban J connectivity index is 1.93. The molecule has 0 aromatic carbocycles. The van der Waals surface area contributed by atoms with Gasteiger partial charge in [0.2, 0.25) is 0 Å². The number of rotatable bonds is 4. The normalized spacial score (nSPS) is 11.4. The molecule has 6 heteroatoms. The summed E-state index contributed by atoms with van der Waals surface area (Å²) in [4.78, 5) is 31.3. The van der Waals surface area contributed by atoms with Crippen molar-refractivity contribution >= 4 is 17.6 Å². The van der Waals surface area contributed by atoms with Gasteiger partial charge in [-0.2, -0.15) is 0 Å². The molecule has 0 radical (unpaired) electrons. The predicted octanol–water partition coefficient (Wildman–Crippen LogP) is 1.66. The van der Waals surface area contributed by atoms with Crippen molar-refractivity contribution in [1.82, 2.24) is 9.97 Å². The van der Waals surface area contributed by atoms with Gasteiger partial charge in [-0.15, -0.1) is 0 Å². The average Bonchev–Trinajstić information content (AvgIpc) is 2.49. The van der Waals surface area contributed by atoms with E-state index >= 15 is 0 Å². The molecule has 0 bridgehead atoms. The maximum absolute atomic E-state index is 11.9. The first kappa shape index (κ1) is 13.7. The van der Waals surface area contributed by atoms with Gasteiger partial charge in [-0.05, 0) is 31.2 Å². The average molecular weight is 271 g/mol. The van der Waals surface area contributed by atoms with Crippen LogP contribution in [-0.2, 0) is 9.53 Å². The molecule has 0 saturated heterocycles. The van der Waals surface area contributed by atoms with Gasteiger partial charge in [0, 0.05) is 18.6 Å². The molecule has 2 aromatic rings. The first-order valence-electron chi connectivity index (χ1n) is 5.98. The molecule has 20 heavy (non-hydrogen) atoms. The van der Waals surface area contributed by atoms with E-state index in [9.17, 15) is 9.59 Å². The summed E-state index contributed by atoms with van der Waals surface area (Å²) in [5.41, 5.74) is 0.894. The minimum absolute atomic E-state index is 0.348. The number of esters is 1. The second kappa shape index (κ2) is 6.42. The SMILES string of the molecule is CC(OC(=O)c1ccncc1)C(=O)Nc1cccnc1. The third-order valence-corrected chi connectivity index (χ3v) is 2.50. The zero-order valence-corrected chi connectivity index (χ0v) is 10.8. The Hall–Kier alpha value is -2.76. The quantitative estimate of drug-likeness (QED) is 0.855. The lowest BCUT2D eigenvalue weighted by Crippen LogP contribution is -2.30. The van der Waals surface area contributed by atoms with Crippen molar-refractivity contribution in [3.8, 4) is 0 Å². The van der Waals surface area contributed by atoms with Crippen LogP contribution in [-0.4, -0.2) is 27.9 Å². The molecule has 0 aliphatic rings. The zero-order valence-electron chi connectivity index (χ0n) is 10.8. The first-order chi connectivity index (χ1) is 9.66. The van der Waals surface area contributed by atoms with E-state index in [-0.39, 0.29) is 0 Å². The molecule has 0 fully saturated rings. The highest BCUT2D eigenvalue weighted by Crippen LogP contribution is 2.07. The van der Waals surface area contributed by atoms with Crippen LogP contribution in [0, 0.1) is 0 Å². The summed E-state index contributed by atoms with van der Waals surface area (Å²) in [6, 6.07) is 6.44. The van der Waals surface area contributed by atoms with E-state index in [0.29, 0.717) is 11.3 Å². The highest BCUT2D eigenvalue weighted by molar-refractivity contribution is 5.97. The van der Waals surface area contributed by atoms with Gasteiger partial charge in [0.1, 0.15) is 0 Å². The lowest BCUT2D eigenvalue weighted by atomic mass is 10.2. The Kier molecular flexibility index (Phi) is 4.39. The highest BCUT2D eigenvalue weighted by atomic mass is 16.5. The van der Waals surface area contributed by atoms with Crippen molar-refractivity contribution in [2.45, 2.75) is 13.0 Å². The van der Waals surface area contributed by atoms with Crippen molar-refractivity contribution in [3.63, 3.8) is 0 Å². The summed E-state index contributed by atoms with van der Waals surface area (Å²) >= 11 is 0. The van der Waals surface area contributed by atoms with Gasteiger partial charge in [0.15, 0.2) is 6.10 Å². The fraction of sp³-hybridized carbons (Fsp3) is 0.143. The Morgan fingerprint density at radius 3 is 2.55 bits per heavy atom. The van der Waals surface area contributed by atoms with Crippen LogP contribution in [0.25, 0.3) is 0 Å². The number of pyridine rings is 2. The summed E-state index contributed by atoms with van der Waals surface area (Å²) in [6.45, 7) is 1.50. The highest BCUT2D eigenvalue weighted by Gasteiger charge is 2.18. The van der Waals surface area contributed by atoms with Gasteiger partial charge < -0.3 is 10.1 Å². The Morgan fingerprint density at radius 2 is 1.90 bits per heavy atom. The molecule has 1 unspecified atom stereocenters. The van der Waals surface area contributed by atoms with Crippen LogP contribution in [0.1, 0.15) is 17.3 Å². The fourth-order valence-electron chi connectivity index (χ4n) is 1.45. The largest absolute Gasteiger partial charge is 0.449 e. The van der Waals surface area contributed by atoms with E-state index in [1.54, 1.807) is 18.3 Å². The number of ether oxygens (including phenoxy) is 1. The molecule has 6 nitrogen and oxygen atoms in total. The number of anilines is 1. The summed E-state index contributed by atoms with van der Waals surface area (Å²) in [7, 11) is 0. The summed E-state index contributed by atoms with van der Waals surface area (Å²) < 4.78 is 5.07. The van der Waals surface area contributed by atoms with E-state index < -0.39 is 18.0 Å². The third-order valence-electron chi connectivity index (χ3n) is 2.50. The zero-order chi connectivity index (χ0) is 14.4.